The Balaban J connectivity index is 1.51. The number of ether oxygens (including phenoxy) is 1. The van der Waals surface area contributed by atoms with Crippen LogP contribution in [0.5, 0.6) is 5.75 Å². The molecule has 0 saturated carbocycles. The second kappa shape index (κ2) is 8.78. The maximum absolute atomic E-state index is 12.1. The number of H-pyrrole nitrogens is 1. The molecular formula is C27H25N5O2. The topological polar surface area (TPSA) is 98.0 Å². The molecule has 0 aliphatic heterocycles. The quantitative estimate of drug-likeness (QED) is 0.315. The van der Waals surface area contributed by atoms with Gasteiger partial charge in [-0.3, -0.25) is 4.79 Å². The first-order valence-electron chi connectivity index (χ1n) is 11.0. The van der Waals surface area contributed by atoms with Gasteiger partial charge in [-0.25, -0.2) is 4.68 Å². The van der Waals surface area contributed by atoms with Gasteiger partial charge in [0.25, 0.3) is 5.91 Å². The van der Waals surface area contributed by atoms with Crippen molar-refractivity contribution in [2.75, 3.05) is 12.4 Å². The average Bonchev–Trinajstić information content (AvgIpc) is 3.47. The molecule has 1 amide bonds. The van der Waals surface area contributed by atoms with Crippen molar-refractivity contribution < 1.29 is 9.53 Å². The third-order valence-corrected chi connectivity index (χ3v) is 5.89. The van der Waals surface area contributed by atoms with Crippen LogP contribution >= 0.6 is 0 Å². The molecule has 2 aromatic heterocycles. The first-order chi connectivity index (χ1) is 16.5. The zero-order valence-electron chi connectivity index (χ0n) is 19.0. The van der Waals surface area contributed by atoms with Gasteiger partial charge in [-0.1, -0.05) is 42.0 Å². The molecule has 0 unspecified atom stereocenters. The van der Waals surface area contributed by atoms with Crippen molar-refractivity contribution in [3.63, 3.8) is 0 Å². The molecule has 0 saturated heterocycles. The lowest BCUT2D eigenvalue weighted by Gasteiger charge is -2.12. The van der Waals surface area contributed by atoms with Crippen LogP contribution in [0, 0.1) is 6.92 Å². The van der Waals surface area contributed by atoms with E-state index in [2.05, 4.69) is 46.6 Å². The van der Waals surface area contributed by atoms with Gasteiger partial charge in [-0.15, -0.1) is 0 Å². The molecule has 5 aromatic rings. The van der Waals surface area contributed by atoms with Crippen molar-refractivity contribution in [3.8, 4) is 17.0 Å². The van der Waals surface area contributed by atoms with Crippen molar-refractivity contribution in [2.45, 2.75) is 13.5 Å². The molecule has 5 rings (SSSR count). The van der Waals surface area contributed by atoms with Gasteiger partial charge in [0.05, 0.1) is 30.9 Å². The lowest BCUT2D eigenvalue weighted by molar-refractivity contribution is 0.100. The SMILES string of the molecule is COc1ccc(Cn2nccc2Nc2ccc(C(N)=O)c3[nH]c(-c4ccc(C)cc4)cc23)cc1. The van der Waals surface area contributed by atoms with Crippen molar-refractivity contribution in [3.05, 3.63) is 95.7 Å². The number of carbonyl (C=O) groups is 1. The van der Waals surface area contributed by atoms with Gasteiger partial charge in [0.2, 0.25) is 0 Å². The molecule has 2 heterocycles. The highest BCUT2D eigenvalue weighted by Gasteiger charge is 2.15. The number of aromatic amines is 1. The van der Waals surface area contributed by atoms with E-state index in [-0.39, 0.29) is 0 Å². The van der Waals surface area contributed by atoms with Crippen LogP contribution in [0.1, 0.15) is 21.5 Å². The lowest BCUT2D eigenvalue weighted by atomic mass is 10.1. The third-order valence-electron chi connectivity index (χ3n) is 5.89. The molecular weight excluding hydrogens is 426 g/mol. The Bertz CT molecular complexity index is 1460. The van der Waals surface area contributed by atoms with Gasteiger partial charge in [0, 0.05) is 22.8 Å². The number of benzene rings is 3. The number of nitrogens with two attached hydrogens (primary N) is 1. The first kappa shape index (κ1) is 21.3. The number of hydrogen-bond donors (Lipinski definition) is 3. The third kappa shape index (κ3) is 4.11. The Hall–Kier alpha value is -4.52. The van der Waals surface area contributed by atoms with Gasteiger partial charge in [0.15, 0.2) is 0 Å². The molecule has 170 valence electrons. The minimum Gasteiger partial charge on any atom is -0.497 e. The molecule has 0 spiro atoms. The lowest BCUT2D eigenvalue weighted by Crippen LogP contribution is -2.12. The second-order valence-electron chi connectivity index (χ2n) is 8.21. The predicted molar refractivity (Wildman–Crippen MR) is 135 cm³/mol. The Morgan fingerprint density at radius 1 is 1.06 bits per heavy atom. The van der Waals surface area contributed by atoms with Gasteiger partial charge in [-0.05, 0) is 48.4 Å². The van der Waals surface area contributed by atoms with Crippen molar-refractivity contribution >= 4 is 28.3 Å². The summed E-state index contributed by atoms with van der Waals surface area (Å²) < 4.78 is 7.14. The number of fused-ring (bicyclic) bond motifs is 1. The van der Waals surface area contributed by atoms with Crippen LogP contribution in [0.3, 0.4) is 0 Å². The monoisotopic (exact) mass is 451 g/mol. The Morgan fingerprint density at radius 3 is 2.53 bits per heavy atom. The van der Waals surface area contributed by atoms with Gasteiger partial charge in [-0.2, -0.15) is 5.10 Å². The van der Waals surface area contributed by atoms with Crippen molar-refractivity contribution in [1.82, 2.24) is 14.8 Å². The van der Waals surface area contributed by atoms with Crippen molar-refractivity contribution in [2.24, 2.45) is 5.73 Å². The van der Waals surface area contributed by atoms with E-state index in [0.29, 0.717) is 17.6 Å². The van der Waals surface area contributed by atoms with Crippen LogP contribution in [0.25, 0.3) is 22.2 Å². The van der Waals surface area contributed by atoms with Crippen LogP contribution < -0.4 is 15.8 Å². The molecule has 7 heteroatoms. The highest BCUT2D eigenvalue weighted by atomic mass is 16.5. The van der Waals surface area contributed by atoms with Crippen LogP contribution in [0.15, 0.2) is 79.0 Å². The number of nitrogens with one attached hydrogen (secondary N) is 2. The Kier molecular flexibility index (Phi) is 5.51. The van der Waals surface area contributed by atoms with Crippen molar-refractivity contribution in [1.29, 1.82) is 0 Å². The van der Waals surface area contributed by atoms with E-state index in [9.17, 15) is 4.79 Å². The fourth-order valence-electron chi connectivity index (χ4n) is 4.03. The summed E-state index contributed by atoms with van der Waals surface area (Å²) >= 11 is 0. The molecule has 3 aromatic carbocycles. The summed E-state index contributed by atoms with van der Waals surface area (Å²) in [7, 11) is 1.65. The molecule has 7 nitrogen and oxygen atoms in total. The molecule has 4 N–H and O–H groups in total. The summed E-state index contributed by atoms with van der Waals surface area (Å²) in [5.41, 5.74) is 11.9. The van der Waals surface area contributed by atoms with Gasteiger partial charge >= 0.3 is 0 Å². The number of carbonyl (C=O) groups excluding carboxylic acids is 1. The molecule has 34 heavy (non-hydrogen) atoms. The summed E-state index contributed by atoms with van der Waals surface area (Å²) in [6.45, 7) is 2.65. The maximum atomic E-state index is 12.1. The fourth-order valence-corrected chi connectivity index (χ4v) is 4.03. The normalized spacial score (nSPS) is 11.0. The van der Waals surface area contributed by atoms with E-state index >= 15 is 0 Å². The largest absolute Gasteiger partial charge is 0.497 e. The minimum absolute atomic E-state index is 0.450. The number of hydrogen-bond acceptors (Lipinski definition) is 4. The minimum atomic E-state index is -0.474. The molecule has 0 fully saturated rings. The van der Waals surface area contributed by atoms with Gasteiger partial charge < -0.3 is 20.8 Å². The molecule has 0 bridgehead atoms. The Morgan fingerprint density at radius 2 is 1.82 bits per heavy atom. The second-order valence-corrected chi connectivity index (χ2v) is 8.21. The number of aromatic nitrogens is 3. The van der Waals surface area contributed by atoms with E-state index in [1.165, 1.54) is 5.56 Å². The van der Waals surface area contributed by atoms with E-state index in [4.69, 9.17) is 10.5 Å². The standard InChI is InChI=1S/C27H25N5O2/c1-17-3-7-19(8-4-17)24-15-22-23(12-11-21(27(28)33)26(22)31-24)30-25-13-14-29-32(25)16-18-5-9-20(34-2)10-6-18/h3-15,30-31H,16H2,1-2H3,(H2,28,33). The van der Waals surface area contributed by atoms with E-state index < -0.39 is 5.91 Å². The number of nitrogens with zero attached hydrogens (tertiary/aromatic N) is 2. The summed E-state index contributed by atoms with van der Waals surface area (Å²) in [5.74, 6) is 1.18. The Labute approximate surface area is 197 Å². The van der Waals surface area contributed by atoms with E-state index in [0.717, 1.165) is 39.5 Å². The molecule has 0 radical (unpaired) electrons. The molecule has 0 aliphatic carbocycles. The number of aryl methyl sites for hydroxylation is 1. The number of primary amides is 1. The highest BCUT2D eigenvalue weighted by molar-refractivity contribution is 6.10. The van der Waals surface area contributed by atoms with Crippen LogP contribution in [0.2, 0.25) is 0 Å². The fraction of sp³-hybridized carbons (Fsp3) is 0.111. The molecule has 0 atom stereocenters. The summed E-state index contributed by atoms with van der Waals surface area (Å²) in [4.78, 5) is 15.5. The number of rotatable bonds is 7. The zero-order valence-corrected chi connectivity index (χ0v) is 19.0. The summed E-state index contributed by atoms with van der Waals surface area (Å²) in [5, 5.41) is 8.84. The number of methoxy groups -OCH3 is 1. The van der Waals surface area contributed by atoms with E-state index in [1.54, 1.807) is 19.4 Å². The smallest absolute Gasteiger partial charge is 0.250 e. The van der Waals surface area contributed by atoms with Crippen LogP contribution in [0.4, 0.5) is 11.5 Å². The first-order valence-corrected chi connectivity index (χ1v) is 11.0. The van der Waals surface area contributed by atoms with Crippen LogP contribution in [-0.2, 0) is 6.54 Å². The van der Waals surface area contributed by atoms with Gasteiger partial charge in [0.1, 0.15) is 11.6 Å². The zero-order chi connectivity index (χ0) is 23.7. The van der Waals surface area contributed by atoms with E-state index in [1.807, 2.05) is 47.1 Å². The number of amides is 1. The van der Waals surface area contributed by atoms with Crippen LogP contribution in [-0.4, -0.2) is 27.8 Å². The summed E-state index contributed by atoms with van der Waals surface area (Å²) in [6.07, 6.45) is 1.76. The number of anilines is 2. The maximum Gasteiger partial charge on any atom is 0.250 e. The predicted octanol–water partition coefficient (Wildman–Crippen LogP) is 5.24. The summed E-state index contributed by atoms with van der Waals surface area (Å²) in [6, 6.07) is 23.7. The average molecular weight is 452 g/mol. The molecule has 0 aliphatic rings. The highest BCUT2D eigenvalue weighted by Crippen LogP contribution is 2.33.